The summed E-state index contributed by atoms with van der Waals surface area (Å²) in [6, 6.07) is 8.08. The minimum Gasteiger partial charge on any atom is -0.372 e. The third-order valence-electron chi connectivity index (χ3n) is 5.39. The minimum absolute atomic E-state index is 0.107. The quantitative estimate of drug-likeness (QED) is 0.887. The molecule has 1 amide bonds. The average Bonchev–Trinajstić information content (AvgIpc) is 2.62. The molecule has 1 aliphatic heterocycles. The van der Waals surface area contributed by atoms with Gasteiger partial charge in [0.25, 0.3) is 5.91 Å². The maximum absolute atomic E-state index is 12.7. The fraction of sp³-hybridized carbons (Fsp3) is 0.667. The molecule has 1 N–H and O–H groups in total. The van der Waals surface area contributed by atoms with Crippen LogP contribution in [0.25, 0.3) is 0 Å². The number of carbonyl (C=O) groups excluding carboxylic acids is 1. The van der Waals surface area contributed by atoms with E-state index in [0.717, 1.165) is 24.6 Å². The number of benzene rings is 1. The molecular formula is C21H32N2O2. The lowest BCUT2D eigenvalue weighted by Crippen LogP contribution is -2.48. The van der Waals surface area contributed by atoms with Crippen molar-refractivity contribution >= 4 is 5.91 Å². The van der Waals surface area contributed by atoms with E-state index in [2.05, 4.69) is 17.4 Å². The molecule has 4 heteroatoms. The number of rotatable bonds is 5. The van der Waals surface area contributed by atoms with Crippen LogP contribution in [0.4, 0.5) is 0 Å². The average molecular weight is 344 g/mol. The first-order valence-corrected chi connectivity index (χ1v) is 9.86. The molecule has 3 rings (SSSR count). The molecule has 2 atom stereocenters. The van der Waals surface area contributed by atoms with E-state index >= 15 is 0 Å². The summed E-state index contributed by atoms with van der Waals surface area (Å²) in [6.45, 7) is 7.40. The number of hydrogen-bond acceptors (Lipinski definition) is 3. The Kier molecular flexibility index (Phi) is 6.49. The Balaban J connectivity index is 1.48. The van der Waals surface area contributed by atoms with Crippen molar-refractivity contribution in [3.05, 3.63) is 35.4 Å². The SMILES string of the molecule is CC1CN(C(=O)c2ccc(CNCC3CCCCC3)cc2)CC(C)O1. The van der Waals surface area contributed by atoms with Crippen LogP contribution < -0.4 is 5.32 Å². The van der Waals surface area contributed by atoms with Crippen LogP contribution in [0.1, 0.15) is 61.9 Å². The maximum Gasteiger partial charge on any atom is 0.254 e. The van der Waals surface area contributed by atoms with Crippen LogP contribution in [0, 0.1) is 5.92 Å². The van der Waals surface area contributed by atoms with Crippen molar-refractivity contribution in [3.8, 4) is 0 Å². The van der Waals surface area contributed by atoms with Crippen LogP contribution in [-0.4, -0.2) is 42.6 Å². The van der Waals surface area contributed by atoms with Crippen LogP contribution in [0.3, 0.4) is 0 Å². The molecule has 1 aromatic rings. The number of amides is 1. The molecule has 0 bridgehead atoms. The predicted octanol–water partition coefficient (Wildman–Crippen LogP) is 3.61. The van der Waals surface area contributed by atoms with Crippen molar-refractivity contribution in [2.24, 2.45) is 5.92 Å². The highest BCUT2D eigenvalue weighted by atomic mass is 16.5. The van der Waals surface area contributed by atoms with E-state index in [1.807, 2.05) is 30.9 Å². The summed E-state index contributed by atoms with van der Waals surface area (Å²) in [5.74, 6) is 0.962. The second kappa shape index (κ2) is 8.81. The minimum atomic E-state index is 0.107. The highest BCUT2D eigenvalue weighted by molar-refractivity contribution is 5.94. The van der Waals surface area contributed by atoms with Gasteiger partial charge in [-0.15, -0.1) is 0 Å². The number of morpholine rings is 1. The summed E-state index contributed by atoms with van der Waals surface area (Å²) < 4.78 is 5.71. The number of hydrogen-bond donors (Lipinski definition) is 1. The van der Waals surface area contributed by atoms with Gasteiger partial charge in [-0.05, 0) is 56.8 Å². The number of nitrogens with one attached hydrogen (secondary N) is 1. The zero-order chi connectivity index (χ0) is 17.6. The maximum atomic E-state index is 12.7. The molecule has 1 aromatic carbocycles. The highest BCUT2D eigenvalue weighted by Gasteiger charge is 2.26. The molecule has 4 nitrogen and oxygen atoms in total. The lowest BCUT2D eigenvalue weighted by Gasteiger charge is -2.35. The van der Waals surface area contributed by atoms with Crippen LogP contribution in [0.5, 0.6) is 0 Å². The zero-order valence-electron chi connectivity index (χ0n) is 15.7. The summed E-state index contributed by atoms with van der Waals surface area (Å²) in [6.07, 6.45) is 7.15. The topological polar surface area (TPSA) is 41.6 Å². The van der Waals surface area contributed by atoms with Gasteiger partial charge in [0.2, 0.25) is 0 Å². The van der Waals surface area contributed by atoms with E-state index in [9.17, 15) is 4.79 Å². The molecule has 2 fully saturated rings. The first-order chi connectivity index (χ1) is 12.1. The third kappa shape index (κ3) is 5.29. The summed E-state index contributed by atoms with van der Waals surface area (Å²) in [5.41, 5.74) is 2.02. The molecule has 0 aromatic heterocycles. The van der Waals surface area contributed by atoms with Gasteiger partial charge in [-0.3, -0.25) is 4.79 Å². The van der Waals surface area contributed by atoms with Crippen LogP contribution >= 0.6 is 0 Å². The summed E-state index contributed by atoms with van der Waals surface area (Å²) >= 11 is 0. The van der Waals surface area contributed by atoms with Crippen molar-refractivity contribution in [2.45, 2.75) is 64.7 Å². The predicted molar refractivity (Wildman–Crippen MR) is 101 cm³/mol. The molecule has 1 heterocycles. The van der Waals surface area contributed by atoms with E-state index in [1.54, 1.807) is 0 Å². The normalized spacial score (nSPS) is 25.1. The van der Waals surface area contributed by atoms with E-state index in [1.165, 1.54) is 37.7 Å². The largest absolute Gasteiger partial charge is 0.372 e. The smallest absolute Gasteiger partial charge is 0.254 e. The lowest BCUT2D eigenvalue weighted by molar-refractivity contribution is -0.0586. The Morgan fingerprint density at radius 2 is 1.72 bits per heavy atom. The molecular weight excluding hydrogens is 312 g/mol. The molecule has 2 unspecified atom stereocenters. The number of carbonyl (C=O) groups is 1. The van der Waals surface area contributed by atoms with Crippen LogP contribution in [0.15, 0.2) is 24.3 Å². The number of ether oxygens (including phenoxy) is 1. The van der Waals surface area contributed by atoms with Gasteiger partial charge in [0, 0.05) is 25.2 Å². The van der Waals surface area contributed by atoms with E-state index in [4.69, 9.17) is 4.74 Å². The molecule has 138 valence electrons. The van der Waals surface area contributed by atoms with Crippen molar-refractivity contribution < 1.29 is 9.53 Å². The lowest BCUT2D eigenvalue weighted by atomic mass is 9.89. The zero-order valence-corrected chi connectivity index (χ0v) is 15.7. The summed E-state index contributed by atoms with van der Waals surface area (Å²) in [7, 11) is 0. The van der Waals surface area contributed by atoms with Gasteiger partial charge in [0.1, 0.15) is 0 Å². The van der Waals surface area contributed by atoms with Crippen LogP contribution in [0.2, 0.25) is 0 Å². The molecule has 1 saturated heterocycles. The highest BCUT2D eigenvalue weighted by Crippen LogP contribution is 2.22. The fourth-order valence-corrected chi connectivity index (χ4v) is 4.10. The van der Waals surface area contributed by atoms with Gasteiger partial charge in [-0.1, -0.05) is 31.4 Å². The molecule has 1 aliphatic carbocycles. The van der Waals surface area contributed by atoms with Gasteiger partial charge in [-0.25, -0.2) is 0 Å². The molecule has 0 spiro atoms. The first kappa shape index (κ1) is 18.4. The Morgan fingerprint density at radius 3 is 2.36 bits per heavy atom. The van der Waals surface area contributed by atoms with Gasteiger partial charge < -0.3 is 15.0 Å². The molecule has 1 saturated carbocycles. The third-order valence-corrected chi connectivity index (χ3v) is 5.39. The van der Waals surface area contributed by atoms with Crippen molar-refractivity contribution in [1.82, 2.24) is 10.2 Å². The van der Waals surface area contributed by atoms with Gasteiger partial charge in [-0.2, -0.15) is 0 Å². The summed E-state index contributed by atoms with van der Waals surface area (Å²) in [4.78, 5) is 14.6. The van der Waals surface area contributed by atoms with Gasteiger partial charge in [0.05, 0.1) is 12.2 Å². The Labute approximate surface area is 151 Å². The van der Waals surface area contributed by atoms with Crippen molar-refractivity contribution in [2.75, 3.05) is 19.6 Å². The monoisotopic (exact) mass is 344 g/mol. The second-order valence-corrected chi connectivity index (χ2v) is 7.80. The van der Waals surface area contributed by atoms with E-state index < -0.39 is 0 Å². The summed E-state index contributed by atoms with van der Waals surface area (Å²) in [5, 5.41) is 3.58. The Morgan fingerprint density at radius 1 is 1.08 bits per heavy atom. The van der Waals surface area contributed by atoms with E-state index in [0.29, 0.717) is 13.1 Å². The Bertz CT molecular complexity index is 542. The standard InChI is InChI=1S/C21H32N2O2/c1-16-14-23(15-17(2)25-16)21(24)20-10-8-19(9-11-20)13-22-12-18-6-4-3-5-7-18/h8-11,16-18,22H,3-7,12-15H2,1-2H3. The first-order valence-electron chi connectivity index (χ1n) is 9.86. The van der Waals surface area contributed by atoms with Crippen molar-refractivity contribution in [3.63, 3.8) is 0 Å². The van der Waals surface area contributed by atoms with E-state index in [-0.39, 0.29) is 18.1 Å². The fourth-order valence-electron chi connectivity index (χ4n) is 4.10. The van der Waals surface area contributed by atoms with Crippen LogP contribution in [-0.2, 0) is 11.3 Å². The molecule has 0 radical (unpaired) electrons. The number of nitrogens with zero attached hydrogens (tertiary/aromatic N) is 1. The van der Waals surface area contributed by atoms with Gasteiger partial charge in [0.15, 0.2) is 0 Å². The second-order valence-electron chi connectivity index (χ2n) is 7.80. The molecule has 2 aliphatic rings. The molecule has 25 heavy (non-hydrogen) atoms. The Hall–Kier alpha value is -1.39. The van der Waals surface area contributed by atoms with Crippen molar-refractivity contribution in [1.29, 1.82) is 0 Å². The van der Waals surface area contributed by atoms with Gasteiger partial charge >= 0.3 is 0 Å².